The Balaban J connectivity index is 1.09. The molecular weight excluding hydrogens is 493 g/mol. The first-order valence-corrected chi connectivity index (χ1v) is 13.6. The van der Waals surface area contributed by atoms with E-state index in [1.165, 1.54) is 6.42 Å². The highest BCUT2D eigenvalue weighted by atomic mass is 35.5. The lowest BCUT2D eigenvalue weighted by molar-refractivity contribution is -0.157. The number of aromatic nitrogens is 2. The standard InChI is InChI=1S/C29H29ClFN3O3/c30-23-3-2-21(26(35)6-17-8-29(9-17)10-20(11-29)28(36)37)27-22(23)12-32-34(27)13-16-1-4-25(24(31)5-16)33-14-18-7-19(18)15-33/h1-5,12,17-20H,6-11,13-15H2,(H,36,37)/t17?,18-,19+,20?,29?. The highest BCUT2D eigenvalue weighted by Gasteiger charge is 2.55. The Labute approximate surface area is 219 Å². The van der Waals surface area contributed by atoms with Crippen molar-refractivity contribution in [2.45, 2.75) is 45.1 Å². The number of aliphatic carboxylic acids is 1. The predicted molar refractivity (Wildman–Crippen MR) is 139 cm³/mol. The van der Waals surface area contributed by atoms with Crippen molar-refractivity contribution in [3.8, 4) is 0 Å². The van der Waals surface area contributed by atoms with E-state index >= 15 is 4.39 Å². The van der Waals surface area contributed by atoms with Crippen LogP contribution in [0.5, 0.6) is 0 Å². The minimum absolute atomic E-state index is 0.0477. The monoisotopic (exact) mass is 521 g/mol. The van der Waals surface area contributed by atoms with Gasteiger partial charge in [-0.05, 0) is 85.1 Å². The molecule has 3 aromatic rings. The van der Waals surface area contributed by atoms with Gasteiger partial charge in [-0.1, -0.05) is 17.7 Å². The van der Waals surface area contributed by atoms with Crippen molar-refractivity contribution in [1.29, 1.82) is 0 Å². The van der Waals surface area contributed by atoms with E-state index in [1.54, 1.807) is 29.1 Å². The fourth-order valence-corrected chi connectivity index (χ4v) is 7.56. The molecule has 7 rings (SSSR count). The maximum atomic E-state index is 15.0. The summed E-state index contributed by atoms with van der Waals surface area (Å²) in [6, 6.07) is 8.89. The summed E-state index contributed by atoms with van der Waals surface area (Å²) in [5.41, 5.74) is 2.86. The van der Waals surface area contributed by atoms with Crippen LogP contribution < -0.4 is 4.90 Å². The van der Waals surface area contributed by atoms with Gasteiger partial charge in [0.25, 0.3) is 0 Å². The lowest BCUT2D eigenvalue weighted by Crippen LogP contribution is -2.50. The van der Waals surface area contributed by atoms with Gasteiger partial charge in [-0.3, -0.25) is 14.3 Å². The molecule has 4 aliphatic rings. The van der Waals surface area contributed by atoms with Crippen molar-refractivity contribution in [2.24, 2.45) is 29.1 Å². The van der Waals surface area contributed by atoms with Gasteiger partial charge in [0.2, 0.25) is 0 Å². The topological polar surface area (TPSA) is 75.4 Å². The van der Waals surface area contributed by atoms with Crippen LogP contribution in [0.25, 0.3) is 10.9 Å². The lowest BCUT2D eigenvalue weighted by atomic mass is 9.47. The first-order chi connectivity index (χ1) is 17.8. The fourth-order valence-electron chi connectivity index (χ4n) is 7.36. The second-order valence-corrected chi connectivity index (χ2v) is 12.4. The molecule has 2 aromatic carbocycles. The number of carboxylic acids is 1. The zero-order chi connectivity index (χ0) is 25.5. The third kappa shape index (κ3) is 3.94. The van der Waals surface area contributed by atoms with Crippen molar-refractivity contribution >= 4 is 39.9 Å². The van der Waals surface area contributed by atoms with Gasteiger partial charge in [-0.2, -0.15) is 5.10 Å². The average Bonchev–Trinajstić information content (AvgIpc) is 3.19. The van der Waals surface area contributed by atoms with Crippen LogP contribution in [0.1, 0.15) is 54.4 Å². The quantitative estimate of drug-likeness (QED) is 0.398. The van der Waals surface area contributed by atoms with Crippen LogP contribution in [0.15, 0.2) is 36.5 Å². The molecule has 4 fully saturated rings. The highest BCUT2D eigenvalue weighted by molar-refractivity contribution is 6.36. The van der Waals surface area contributed by atoms with E-state index in [1.807, 2.05) is 12.1 Å². The Kier molecular flexibility index (Phi) is 5.20. The molecule has 37 heavy (non-hydrogen) atoms. The number of halogens is 2. The molecular formula is C29H29ClFN3O3. The van der Waals surface area contributed by atoms with Crippen LogP contribution in [-0.2, 0) is 11.3 Å². The zero-order valence-corrected chi connectivity index (χ0v) is 21.3. The Morgan fingerprint density at radius 2 is 1.86 bits per heavy atom. The van der Waals surface area contributed by atoms with Gasteiger partial charge in [-0.15, -0.1) is 0 Å². The van der Waals surface area contributed by atoms with E-state index in [-0.39, 0.29) is 28.9 Å². The molecule has 3 aliphatic carbocycles. The van der Waals surface area contributed by atoms with Crippen LogP contribution in [0, 0.1) is 34.9 Å². The number of Topliss-reactive ketones (excluding diaryl/α,β-unsaturated/α-hetero) is 1. The largest absolute Gasteiger partial charge is 0.481 e. The molecule has 192 valence electrons. The SMILES string of the molecule is O=C(CC1CC2(C1)CC(C(=O)O)C2)c1ccc(Cl)c2cnn(Cc3ccc(N4C[C@H]5C[C@H]5C4)c(F)c3)c12. The van der Waals surface area contributed by atoms with E-state index in [0.29, 0.717) is 40.1 Å². The van der Waals surface area contributed by atoms with Crippen molar-refractivity contribution in [3.05, 3.63) is 58.5 Å². The Hall–Kier alpha value is -2.93. The number of hydrogen-bond donors (Lipinski definition) is 1. The van der Waals surface area contributed by atoms with Crippen molar-refractivity contribution in [1.82, 2.24) is 9.78 Å². The second kappa shape index (κ2) is 8.29. The third-order valence-corrected chi connectivity index (χ3v) is 9.67. The van der Waals surface area contributed by atoms with Crippen molar-refractivity contribution in [3.63, 3.8) is 0 Å². The summed E-state index contributed by atoms with van der Waals surface area (Å²) in [4.78, 5) is 26.7. The summed E-state index contributed by atoms with van der Waals surface area (Å²) in [7, 11) is 0. The molecule has 3 saturated carbocycles. The normalized spacial score (nSPS) is 29.7. The van der Waals surface area contributed by atoms with Gasteiger partial charge in [0, 0.05) is 30.5 Å². The summed E-state index contributed by atoms with van der Waals surface area (Å²) in [6.07, 6.45) is 6.69. The number of piperidine rings is 1. The molecule has 1 aliphatic heterocycles. The molecule has 8 heteroatoms. The Morgan fingerprint density at radius 1 is 1.11 bits per heavy atom. The van der Waals surface area contributed by atoms with Gasteiger partial charge in [0.05, 0.1) is 34.9 Å². The molecule has 0 amide bonds. The van der Waals surface area contributed by atoms with Crippen LogP contribution in [-0.4, -0.2) is 39.7 Å². The number of anilines is 1. The number of carboxylic acid groups (broad SMARTS) is 1. The first kappa shape index (κ1) is 23.2. The minimum Gasteiger partial charge on any atom is -0.481 e. The lowest BCUT2D eigenvalue weighted by Gasteiger charge is -2.56. The summed E-state index contributed by atoms with van der Waals surface area (Å²) >= 11 is 6.45. The number of benzene rings is 2. The number of carbonyl (C=O) groups is 2. The molecule has 6 nitrogen and oxygen atoms in total. The average molecular weight is 522 g/mol. The van der Waals surface area contributed by atoms with E-state index in [2.05, 4.69) is 10.00 Å². The fraction of sp³-hybridized carbons (Fsp3) is 0.483. The minimum atomic E-state index is -0.705. The smallest absolute Gasteiger partial charge is 0.306 e. The van der Waals surface area contributed by atoms with E-state index in [9.17, 15) is 14.7 Å². The van der Waals surface area contributed by atoms with E-state index in [4.69, 9.17) is 11.6 Å². The number of hydrogen-bond acceptors (Lipinski definition) is 4. The van der Waals surface area contributed by atoms with Gasteiger partial charge >= 0.3 is 5.97 Å². The number of rotatable bonds is 7. The molecule has 1 spiro atoms. The van der Waals surface area contributed by atoms with Crippen LogP contribution >= 0.6 is 11.6 Å². The second-order valence-electron chi connectivity index (χ2n) is 12.0. The van der Waals surface area contributed by atoms with Crippen LogP contribution in [0.3, 0.4) is 0 Å². The highest BCUT2D eigenvalue weighted by Crippen LogP contribution is 2.62. The zero-order valence-electron chi connectivity index (χ0n) is 20.5. The number of nitrogens with zero attached hydrogens (tertiary/aromatic N) is 3. The maximum Gasteiger partial charge on any atom is 0.306 e. The maximum absolute atomic E-state index is 15.0. The molecule has 1 saturated heterocycles. The summed E-state index contributed by atoms with van der Waals surface area (Å²) in [5, 5.41) is 14.9. The molecule has 0 bridgehead atoms. The molecule has 0 unspecified atom stereocenters. The van der Waals surface area contributed by atoms with Crippen LogP contribution in [0.4, 0.5) is 10.1 Å². The predicted octanol–water partition coefficient (Wildman–Crippen LogP) is 5.80. The number of fused-ring (bicyclic) bond motifs is 2. The van der Waals surface area contributed by atoms with E-state index < -0.39 is 5.97 Å². The van der Waals surface area contributed by atoms with Gasteiger partial charge in [-0.25, -0.2) is 4.39 Å². The Morgan fingerprint density at radius 3 is 2.57 bits per heavy atom. The summed E-state index contributed by atoms with van der Waals surface area (Å²) < 4.78 is 16.8. The Bertz CT molecular complexity index is 1430. The number of ketones is 1. The van der Waals surface area contributed by atoms with Crippen molar-refractivity contribution in [2.75, 3.05) is 18.0 Å². The number of carbonyl (C=O) groups excluding carboxylic acids is 1. The van der Waals surface area contributed by atoms with Gasteiger partial charge < -0.3 is 10.0 Å². The van der Waals surface area contributed by atoms with Gasteiger partial charge in [0.15, 0.2) is 5.78 Å². The molecule has 1 N–H and O–H groups in total. The molecule has 2 atom stereocenters. The van der Waals surface area contributed by atoms with E-state index in [0.717, 1.165) is 56.2 Å². The van der Waals surface area contributed by atoms with Crippen LogP contribution in [0.2, 0.25) is 5.02 Å². The summed E-state index contributed by atoms with van der Waals surface area (Å²) in [5.74, 6) is 0.650. The van der Waals surface area contributed by atoms with Gasteiger partial charge in [0.1, 0.15) is 5.82 Å². The first-order valence-electron chi connectivity index (χ1n) is 13.2. The molecule has 0 radical (unpaired) electrons. The molecule has 1 aromatic heterocycles. The van der Waals surface area contributed by atoms with Crippen molar-refractivity contribution < 1.29 is 19.1 Å². The third-order valence-electron chi connectivity index (χ3n) is 9.34. The molecule has 2 heterocycles. The summed E-state index contributed by atoms with van der Waals surface area (Å²) in [6.45, 7) is 2.23.